The zero-order valence-electron chi connectivity index (χ0n) is 16.0. The third kappa shape index (κ3) is 5.12. The highest BCUT2D eigenvalue weighted by Crippen LogP contribution is 2.23. The SMILES string of the molecule is CCCc1cnc2ccc(C(=O)C(CC)CCC(CC)OC)cc2c1. The number of hydrogen-bond donors (Lipinski definition) is 0. The Morgan fingerprint density at radius 2 is 1.92 bits per heavy atom. The lowest BCUT2D eigenvalue weighted by atomic mass is 9.89. The van der Waals surface area contributed by atoms with Crippen molar-refractivity contribution in [3.63, 3.8) is 0 Å². The molecule has 2 aromatic rings. The summed E-state index contributed by atoms with van der Waals surface area (Å²) in [7, 11) is 1.75. The van der Waals surface area contributed by atoms with Gasteiger partial charge in [-0.25, -0.2) is 0 Å². The van der Waals surface area contributed by atoms with Crippen LogP contribution in [0.2, 0.25) is 0 Å². The Morgan fingerprint density at radius 3 is 2.56 bits per heavy atom. The largest absolute Gasteiger partial charge is 0.381 e. The second-order valence-corrected chi connectivity index (χ2v) is 6.81. The molecule has 2 rings (SSSR count). The van der Waals surface area contributed by atoms with Gasteiger partial charge in [0.2, 0.25) is 0 Å². The molecular weight excluding hydrogens is 310 g/mol. The van der Waals surface area contributed by atoms with Crippen molar-refractivity contribution in [1.29, 1.82) is 0 Å². The van der Waals surface area contributed by atoms with Crippen LogP contribution in [0.15, 0.2) is 30.5 Å². The van der Waals surface area contributed by atoms with Gasteiger partial charge >= 0.3 is 0 Å². The Labute approximate surface area is 151 Å². The van der Waals surface area contributed by atoms with Gasteiger partial charge in [-0.15, -0.1) is 0 Å². The molecule has 3 nitrogen and oxygen atoms in total. The minimum absolute atomic E-state index is 0.0634. The van der Waals surface area contributed by atoms with Gasteiger partial charge in [-0.3, -0.25) is 9.78 Å². The molecule has 25 heavy (non-hydrogen) atoms. The number of aryl methyl sites for hydroxylation is 1. The first-order valence-corrected chi connectivity index (χ1v) is 9.58. The van der Waals surface area contributed by atoms with E-state index in [4.69, 9.17) is 4.74 Å². The van der Waals surface area contributed by atoms with E-state index in [2.05, 4.69) is 31.8 Å². The van der Waals surface area contributed by atoms with Gasteiger partial charge in [0.1, 0.15) is 0 Å². The molecule has 0 saturated heterocycles. The van der Waals surface area contributed by atoms with Crippen LogP contribution in [0, 0.1) is 5.92 Å². The van der Waals surface area contributed by atoms with E-state index in [1.54, 1.807) is 7.11 Å². The predicted molar refractivity (Wildman–Crippen MR) is 104 cm³/mol. The van der Waals surface area contributed by atoms with Crippen molar-refractivity contribution in [3.8, 4) is 0 Å². The molecule has 0 N–H and O–H groups in total. The van der Waals surface area contributed by atoms with Gasteiger partial charge in [0.15, 0.2) is 5.78 Å². The molecule has 2 atom stereocenters. The number of nitrogens with zero attached hydrogens (tertiary/aromatic N) is 1. The number of aromatic nitrogens is 1. The molecule has 3 heteroatoms. The average molecular weight is 341 g/mol. The summed E-state index contributed by atoms with van der Waals surface area (Å²) in [6.07, 6.45) is 7.99. The van der Waals surface area contributed by atoms with Crippen molar-refractivity contribution >= 4 is 16.7 Å². The zero-order valence-corrected chi connectivity index (χ0v) is 16.0. The van der Waals surface area contributed by atoms with Gasteiger partial charge in [-0.05, 0) is 61.9 Å². The first-order valence-electron chi connectivity index (χ1n) is 9.58. The molecule has 0 aliphatic rings. The number of ketones is 1. The third-order valence-electron chi connectivity index (χ3n) is 5.05. The minimum atomic E-state index is 0.0634. The Kier molecular flexibility index (Phi) is 7.57. The highest BCUT2D eigenvalue weighted by atomic mass is 16.5. The summed E-state index contributed by atoms with van der Waals surface area (Å²) >= 11 is 0. The maximum atomic E-state index is 13.0. The normalized spacial score (nSPS) is 13.8. The second kappa shape index (κ2) is 9.67. The zero-order chi connectivity index (χ0) is 18.2. The first kappa shape index (κ1) is 19.6. The number of ether oxygens (including phenoxy) is 1. The van der Waals surface area contributed by atoms with E-state index in [-0.39, 0.29) is 17.8 Å². The van der Waals surface area contributed by atoms with Crippen molar-refractivity contribution in [3.05, 3.63) is 41.6 Å². The fourth-order valence-electron chi connectivity index (χ4n) is 3.39. The van der Waals surface area contributed by atoms with Crippen LogP contribution in [0.5, 0.6) is 0 Å². The lowest BCUT2D eigenvalue weighted by Crippen LogP contribution is -2.18. The van der Waals surface area contributed by atoms with Crippen LogP contribution in [-0.4, -0.2) is 24.0 Å². The average Bonchev–Trinajstić information content (AvgIpc) is 2.64. The van der Waals surface area contributed by atoms with Crippen molar-refractivity contribution in [2.24, 2.45) is 5.92 Å². The monoisotopic (exact) mass is 341 g/mol. The van der Waals surface area contributed by atoms with Crippen molar-refractivity contribution in [1.82, 2.24) is 4.98 Å². The second-order valence-electron chi connectivity index (χ2n) is 6.81. The highest BCUT2D eigenvalue weighted by molar-refractivity contribution is 6.00. The number of hydrogen-bond acceptors (Lipinski definition) is 3. The molecule has 0 aliphatic heterocycles. The molecule has 0 bridgehead atoms. The highest BCUT2D eigenvalue weighted by Gasteiger charge is 2.20. The van der Waals surface area contributed by atoms with Gasteiger partial charge in [0.25, 0.3) is 0 Å². The van der Waals surface area contributed by atoms with Crippen LogP contribution in [0.25, 0.3) is 10.9 Å². The lowest BCUT2D eigenvalue weighted by Gasteiger charge is -2.18. The van der Waals surface area contributed by atoms with Crippen LogP contribution < -0.4 is 0 Å². The van der Waals surface area contributed by atoms with Gasteiger partial charge in [0.05, 0.1) is 11.6 Å². The van der Waals surface area contributed by atoms with E-state index in [0.717, 1.165) is 55.0 Å². The molecule has 2 unspecified atom stereocenters. The van der Waals surface area contributed by atoms with Crippen LogP contribution >= 0.6 is 0 Å². The Balaban J connectivity index is 2.18. The Hall–Kier alpha value is -1.74. The summed E-state index contributed by atoms with van der Waals surface area (Å²) in [5.41, 5.74) is 2.99. The number of rotatable bonds is 10. The molecule has 136 valence electrons. The molecule has 0 aliphatic carbocycles. The summed E-state index contributed by atoms with van der Waals surface area (Å²) in [4.78, 5) is 17.5. The molecule has 0 amide bonds. The van der Waals surface area contributed by atoms with E-state index in [1.807, 2.05) is 24.4 Å². The van der Waals surface area contributed by atoms with E-state index >= 15 is 0 Å². The summed E-state index contributed by atoms with van der Waals surface area (Å²) in [5.74, 6) is 0.310. The van der Waals surface area contributed by atoms with Crippen molar-refractivity contribution in [2.75, 3.05) is 7.11 Å². The quantitative estimate of drug-likeness (QED) is 0.528. The maximum Gasteiger partial charge on any atom is 0.165 e. The number of carbonyl (C=O) groups excluding carboxylic acids is 1. The van der Waals surface area contributed by atoms with E-state index in [9.17, 15) is 4.79 Å². The van der Waals surface area contributed by atoms with Crippen LogP contribution in [0.3, 0.4) is 0 Å². The molecular formula is C22H31NO2. The lowest BCUT2D eigenvalue weighted by molar-refractivity contribution is 0.0775. The topological polar surface area (TPSA) is 39.2 Å². The van der Waals surface area contributed by atoms with Gasteiger partial charge in [-0.1, -0.05) is 27.2 Å². The Morgan fingerprint density at radius 1 is 1.12 bits per heavy atom. The summed E-state index contributed by atoms with van der Waals surface area (Å²) in [6, 6.07) is 8.07. The minimum Gasteiger partial charge on any atom is -0.381 e. The molecule has 1 heterocycles. The number of fused-ring (bicyclic) bond motifs is 1. The van der Waals surface area contributed by atoms with Crippen LogP contribution in [0.1, 0.15) is 68.8 Å². The number of carbonyl (C=O) groups is 1. The summed E-state index contributed by atoms with van der Waals surface area (Å²) < 4.78 is 5.45. The Bertz CT molecular complexity index is 691. The molecule has 0 spiro atoms. The van der Waals surface area contributed by atoms with Crippen LogP contribution in [0.4, 0.5) is 0 Å². The maximum absolute atomic E-state index is 13.0. The molecule has 0 fully saturated rings. The van der Waals surface area contributed by atoms with E-state index < -0.39 is 0 Å². The molecule has 1 aromatic carbocycles. The number of Topliss-reactive ketones (excluding diaryl/α,β-unsaturated/α-hetero) is 1. The smallest absolute Gasteiger partial charge is 0.165 e. The van der Waals surface area contributed by atoms with Gasteiger partial charge in [0, 0.05) is 30.2 Å². The third-order valence-corrected chi connectivity index (χ3v) is 5.05. The number of pyridine rings is 1. The van der Waals surface area contributed by atoms with Crippen molar-refractivity contribution in [2.45, 2.75) is 65.4 Å². The summed E-state index contributed by atoms with van der Waals surface area (Å²) in [5, 5.41) is 1.06. The predicted octanol–water partition coefficient (Wildman–Crippen LogP) is 5.60. The molecule has 1 aromatic heterocycles. The molecule has 0 saturated carbocycles. The molecule has 0 radical (unpaired) electrons. The van der Waals surface area contributed by atoms with Crippen molar-refractivity contribution < 1.29 is 9.53 Å². The van der Waals surface area contributed by atoms with Gasteiger partial charge < -0.3 is 4.74 Å². The number of methoxy groups -OCH3 is 1. The first-order chi connectivity index (χ1) is 12.1. The van der Waals surface area contributed by atoms with E-state index in [0.29, 0.717) is 0 Å². The summed E-state index contributed by atoms with van der Waals surface area (Å²) in [6.45, 7) is 6.39. The van der Waals surface area contributed by atoms with Crippen LogP contribution in [-0.2, 0) is 11.2 Å². The van der Waals surface area contributed by atoms with Gasteiger partial charge in [-0.2, -0.15) is 0 Å². The standard InChI is InChI=1S/C22H31NO2/c1-5-8-16-13-19-14-18(10-12-21(19)23-15-16)22(24)17(6-2)9-11-20(7-3)25-4/h10,12-15,17,20H,5-9,11H2,1-4H3. The number of benzene rings is 1. The fourth-order valence-corrected chi connectivity index (χ4v) is 3.39. The fraction of sp³-hybridized carbons (Fsp3) is 0.545. The van der Waals surface area contributed by atoms with E-state index in [1.165, 1.54) is 5.56 Å².